The summed E-state index contributed by atoms with van der Waals surface area (Å²) in [4.78, 5) is 22.6. The van der Waals surface area contributed by atoms with Crippen LogP contribution in [0.1, 0.15) is 12.8 Å². The second kappa shape index (κ2) is 5.68. The summed E-state index contributed by atoms with van der Waals surface area (Å²) in [6, 6.07) is 4.06. The van der Waals surface area contributed by atoms with E-state index in [0.717, 1.165) is 38.0 Å². The highest BCUT2D eigenvalue weighted by atomic mass is 16.1. The third kappa shape index (κ3) is 2.71. The smallest absolute Gasteiger partial charge is 0.269 e. The monoisotopic (exact) mass is 273 g/mol. The lowest BCUT2D eigenvalue weighted by molar-refractivity contribution is 0.206. The summed E-state index contributed by atoms with van der Waals surface area (Å²) < 4.78 is 1.75. The molecule has 6 heteroatoms. The molecule has 3 rings (SSSR count). The highest BCUT2D eigenvalue weighted by Crippen LogP contribution is 2.09. The molecule has 0 aromatic carbocycles. The standard InChI is InChI=1S/C14H19N5O/c15-11-3-6-18(7-4-11)8-9-19-12-2-1-5-16-14(12)17-10-13(19)20/h1-2,5,10-11H,3-4,6-9,15H2. The molecule has 2 aromatic heterocycles. The number of likely N-dealkylation sites (tertiary alicyclic amines) is 1. The minimum atomic E-state index is -0.0702. The average Bonchev–Trinajstić information content (AvgIpc) is 2.48. The third-order valence-corrected chi connectivity index (χ3v) is 3.89. The topological polar surface area (TPSA) is 77.0 Å². The van der Waals surface area contributed by atoms with Gasteiger partial charge < -0.3 is 15.2 Å². The molecule has 0 radical (unpaired) electrons. The van der Waals surface area contributed by atoms with Crippen LogP contribution in [0.4, 0.5) is 0 Å². The van der Waals surface area contributed by atoms with Gasteiger partial charge in [-0.05, 0) is 38.1 Å². The first-order valence-corrected chi connectivity index (χ1v) is 7.02. The number of pyridine rings is 1. The number of rotatable bonds is 3. The van der Waals surface area contributed by atoms with E-state index < -0.39 is 0 Å². The van der Waals surface area contributed by atoms with Gasteiger partial charge in [0, 0.05) is 25.3 Å². The van der Waals surface area contributed by atoms with Crippen LogP contribution in [-0.2, 0) is 6.54 Å². The summed E-state index contributed by atoms with van der Waals surface area (Å²) in [6.07, 6.45) is 5.11. The van der Waals surface area contributed by atoms with Gasteiger partial charge in [-0.25, -0.2) is 9.97 Å². The van der Waals surface area contributed by atoms with E-state index in [1.807, 2.05) is 12.1 Å². The number of nitrogens with zero attached hydrogens (tertiary/aromatic N) is 4. The lowest BCUT2D eigenvalue weighted by Crippen LogP contribution is -2.41. The maximum Gasteiger partial charge on any atom is 0.269 e. The van der Waals surface area contributed by atoms with E-state index >= 15 is 0 Å². The summed E-state index contributed by atoms with van der Waals surface area (Å²) in [5.41, 5.74) is 7.25. The molecule has 0 unspecified atom stereocenters. The SMILES string of the molecule is NC1CCN(CCn2c(=O)cnc3ncccc32)CC1. The average molecular weight is 273 g/mol. The zero-order chi connectivity index (χ0) is 13.9. The first kappa shape index (κ1) is 13.2. The molecule has 2 N–H and O–H groups in total. The molecule has 0 saturated carbocycles. The van der Waals surface area contributed by atoms with Crippen molar-refractivity contribution in [3.63, 3.8) is 0 Å². The van der Waals surface area contributed by atoms with E-state index in [2.05, 4.69) is 14.9 Å². The zero-order valence-electron chi connectivity index (χ0n) is 11.4. The van der Waals surface area contributed by atoms with Crippen LogP contribution in [0.3, 0.4) is 0 Å². The van der Waals surface area contributed by atoms with E-state index in [0.29, 0.717) is 18.2 Å². The summed E-state index contributed by atoms with van der Waals surface area (Å²) in [6.45, 7) is 3.55. The van der Waals surface area contributed by atoms with Crippen molar-refractivity contribution in [3.8, 4) is 0 Å². The van der Waals surface area contributed by atoms with Crippen molar-refractivity contribution >= 4 is 11.2 Å². The molecule has 106 valence electrons. The first-order chi connectivity index (χ1) is 9.74. The van der Waals surface area contributed by atoms with Gasteiger partial charge in [0.05, 0.1) is 11.7 Å². The quantitative estimate of drug-likeness (QED) is 0.865. The Labute approximate surface area is 117 Å². The molecule has 20 heavy (non-hydrogen) atoms. The van der Waals surface area contributed by atoms with Crippen molar-refractivity contribution in [2.45, 2.75) is 25.4 Å². The van der Waals surface area contributed by atoms with Gasteiger partial charge in [0.25, 0.3) is 5.56 Å². The van der Waals surface area contributed by atoms with Crippen LogP contribution < -0.4 is 11.3 Å². The molecule has 2 aromatic rings. The summed E-state index contributed by atoms with van der Waals surface area (Å²) in [5.74, 6) is 0. The Balaban J connectivity index is 1.77. The predicted molar refractivity (Wildman–Crippen MR) is 77.4 cm³/mol. The number of aromatic nitrogens is 3. The molecule has 3 heterocycles. The lowest BCUT2D eigenvalue weighted by atomic mass is 10.1. The van der Waals surface area contributed by atoms with Crippen molar-refractivity contribution < 1.29 is 0 Å². The summed E-state index contributed by atoms with van der Waals surface area (Å²) in [5, 5.41) is 0. The molecule has 6 nitrogen and oxygen atoms in total. The normalized spacial score (nSPS) is 17.6. The Hall–Kier alpha value is -1.79. The molecule has 1 fully saturated rings. The highest BCUT2D eigenvalue weighted by molar-refractivity contribution is 5.69. The molecule has 0 amide bonds. The van der Waals surface area contributed by atoms with Gasteiger partial charge in [-0.3, -0.25) is 4.79 Å². The van der Waals surface area contributed by atoms with Crippen LogP contribution in [-0.4, -0.2) is 45.1 Å². The highest BCUT2D eigenvalue weighted by Gasteiger charge is 2.16. The maximum absolute atomic E-state index is 12.0. The fraction of sp³-hybridized carbons (Fsp3) is 0.500. The second-order valence-corrected chi connectivity index (χ2v) is 5.27. The van der Waals surface area contributed by atoms with Gasteiger partial charge in [-0.2, -0.15) is 0 Å². The Kier molecular flexibility index (Phi) is 3.75. The molecule has 0 spiro atoms. The molecular weight excluding hydrogens is 254 g/mol. The largest absolute Gasteiger partial charge is 0.328 e. The predicted octanol–water partition coefficient (Wildman–Crippen LogP) is 0.215. The van der Waals surface area contributed by atoms with E-state index in [4.69, 9.17) is 5.73 Å². The lowest BCUT2D eigenvalue weighted by Gasteiger charge is -2.30. The summed E-state index contributed by atoms with van der Waals surface area (Å²) >= 11 is 0. The molecule has 0 atom stereocenters. The Bertz CT molecular complexity index is 645. The van der Waals surface area contributed by atoms with E-state index in [9.17, 15) is 4.79 Å². The Morgan fingerprint density at radius 2 is 2.05 bits per heavy atom. The van der Waals surface area contributed by atoms with Gasteiger partial charge >= 0.3 is 0 Å². The zero-order valence-corrected chi connectivity index (χ0v) is 11.4. The van der Waals surface area contributed by atoms with Crippen LogP contribution in [0.15, 0.2) is 29.3 Å². The molecule has 1 aliphatic rings. The Morgan fingerprint density at radius 1 is 1.25 bits per heavy atom. The van der Waals surface area contributed by atoms with Crippen molar-refractivity contribution in [3.05, 3.63) is 34.9 Å². The van der Waals surface area contributed by atoms with Crippen molar-refractivity contribution in [2.24, 2.45) is 5.73 Å². The molecule has 1 aliphatic heterocycles. The van der Waals surface area contributed by atoms with Gasteiger partial charge in [-0.15, -0.1) is 0 Å². The van der Waals surface area contributed by atoms with Gasteiger partial charge in [0.15, 0.2) is 5.65 Å². The minimum Gasteiger partial charge on any atom is -0.328 e. The van der Waals surface area contributed by atoms with Crippen molar-refractivity contribution in [2.75, 3.05) is 19.6 Å². The fourth-order valence-electron chi connectivity index (χ4n) is 2.65. The number of hydrogen-bond acceptors (Lipinski definition) is 5. The second-order valence-electron chi connectivity index (χ2n) is 5.27. The number of hydrogen-bond donors (Lipinski definition) is 1. The minimum absolute atomic E-state index is 0.0702. The number of fused-ring (bicyclic) bond motifs is 1. The first-order valence-electron chi connectivity index (χ1n) is 7.02. The van der Waals surface area contributed by atoms with Crippen LogP contribution >= 0.6 is 0 Å². The maximum atomic E-state index is 12.0. The number of piperidine rings is 1. The fourth-order valence-corrected chi connectivity index (χ4v) is 2.65. The van der Waals surface area contributed by atoms with E-state index in [1.54, 1.807) is 10.8 Å². The van der Waals surface area contributed by atoms with Gasteiger partial charge in [0.2, 0.25) is 0 Å². The third-order valence-electron chi connectivity index (χ3n) is 3.89. The summed E-state index contributed by atoms with van der Waals surface area (Å²) in [7, 11) is 0. The van der Waals surface area contributed by atoms with Crippen LogP contribution in [0.5, 0.6) is 0 Å². The molecule has 1 saturated heterocycles. The molecule has 0 aliphatic carbocycles. The van der Waals surface area contributed by atoms with Gasteiger partial charge in [0.1, 0.15) is 0 Å². The van der Waals surface area contributed by atoms with Crippen molar-refractivity contribution in [1.29, 1.82) is 0 Å². The Morgan fingerprint density at radius 3 is 2.85 bits per heavy atom. The van der Waals surface area contributed by atoms with E-state index in [-0.39, 0.29) is 5.56 Å². The van der Waals surface area contributed by atoms with Crippen LogP contribution in [0, 0.1) is 0 Å². The van der Waals surface area contributed by atoms with Crippen molar-refractivity contribution in [1.82, 2.24) is 19.4 Å². The van der Waals surface area contributed by atoms with Crippen LogP contribution in [0.25, 0.3) is 11.2 Å². The number of nitrogens with two attached hydrogens (primary N) is 1. The van der Waals surface area contributed by atoms with Gasteiger partial charge in [-0.1, -0.05) is 0 Å². The molecular formula is C14H19N5O. The van der Waals surface area contributed by atoms with Crippen LogP contribution in [0.2, 0.25) is 0 Å². The van der Waals surface area contributed by atoms with E-state index in [1.165, 1.54) is 6.20 Å². The molecule has 0 bridgehead atoms.